The van der Waals surface area contributed by atoms with E-state index < -0.39 is 0 Å². The van der Waals surface area contributed by atoms with Crippen molar-refractivity contribution in [1.82, 2.24) is 20.6 Å². The molecule has 2 N–H and O–H groups in total. The lowest BCUT2D eigenvalue weighted by molar-refractivity contribution is 0.0958. The van der Waals surface area contributed by atoms with E-state index in [4.69, 9.17) is 14.1 Å². The minimum atomic E-state index is -0.269. The fourth-order valence-electron chi connectivity index (χ4n) is 4.05. The Hall–Kier alpha value is -3.91. The SMILES string of the molecule is CNC(=O)c1cc(Oc2ccc3nc(N(c4ccccc4)C4CCNCC4)oc3c2)ccn1. The van der Waals surface area contributed by atoms with Gasteiger partial charge in [-0.2, -0.15) is 4.98 Å². The molecule has 0 spiro atoms. The van der Waals surface area contributed by atoms with E-state index in [1.54, 1.807) is 25.4 Å². The number of benzene rings is 2. The van der Waals surface area contributed by atoms with Gasteiger partial charge in [0.15, 0.2) is 5.58 Å². The molecule has 1 amide bonds. The summed E-state index contributed by atoms with van der Waals surface area (Å²) in [5, 5.41) is 5.98. The van der Waals surface area contributed by atoms with Crippen LogP contribution in [0.4, 0.5) is 11.7 Å². The number of pyridine rings is 1. The highest BCUT2D eigenvalue weighted by Crippen LogP contribution is 2.34. The Kier molecular flexibility index (Phi) is 5.91. The Morgan fingerprint density at radius 2 is 1.88 bits per heavy atom. The van der Waals surface area contributed by atoms with E-state index in [9.17, 15) is 4.79 Å². The zero-order valence-corrected chi connectivity index (χ0v) is 18.3. The van der Waals surface area contributed by atoms with E-state index in [-0.39, 0.29) is 5.91 Å². The monoisotopic (exact) mass is 443 g/mol. The van der Waals surface area contributed by atoms with Gasteiger partial charge in [-0.1, -0.05) is 18.2 Å². The third-order valence-electron chi connectivity index (χ3n) is 5.69. The molecule has 33 heavy (non-hydrogen) atoms. The van der Waals surface area contributed by atoms with Gasteiger partial charge in [-0.25, -0.2) is 0 Å². The highest BCUT2D eigenvalue weighted by Gasteiger charge is 2.26. The Morgan fingerprint density at radius 1 is 1.09 bits per heavy atom. The average molecular weight is 444 g/mol. The molecule has 1 fully saturated rings. The van der Waals surface area contributed by atoms with Crippen LogP contribution in [-0.2, 0) is 0 Å². The minimum Gasteiger partial charge on any atom is -0.457 e. The number of oxazole rings is 1. The number of carbonyl (C=O) groups excluding carboxylic acids is 1. The number of anilines is 2. The van der Waals surface area contributed by atoms with Crippen molar-refractivity contribution < 1.29 is 13.9 Å². The maximum absolute atomic E-state index is 11.8. The summed E-state index contributed by atoms with van der Waals surface area (Å²) in [4.78, 5) is 22.9. The number of carbonyl (C=O) groups is 1. The molecule has 1 saturated heterocycles. The van der Waals surface area contributed by atoms with Crippen molar-refractivity contribution >= 4 is 28.7 Å². The molecule has 4 aromatic rings. The van der Waals surface area contributed by atoms with E-state index in [0.29, 0.717) is 34.8 Å². The second-order valence-corrected chi connectivity index (χ2v) is 7.87. The van der Waals surface area contributed by atoms with Gasteiger partial charge in [-0.05, 0) is 56.3 Å². The van der Waals surface area contributed by atoms with E-state index in [2.05, 4.69) is 32.7 Å². The van der Waals surface area contributed by atoms with Crippen LogP contribution in [0.3, 0.4) is 0 Å². The summed E-state index contributed by atoms with van der Waals surface area (Å²) >= 11 is 0. The predicted octanol–water partition coefficient (Wildman–Crippen LogP) is 4.26. The number of fused-ring (bicyclic) bond motifs is 1. The van der Waals surface area contributed by atoms with Crippen LogP contribution < -0.4 is 20.3 Å². The van der Waals surface area contributed by atoms with Gasteiger partial charge in [0.1, 0.15) is 22.7 Å². The number of para-hydroxylation sites is 1. The number of piperidine rings is 1. The van der Waals surface area contributed by atoms with Gasteiger partial charge in [0.05, 0.1) is 0 Å². The third kappa shape index (κ3) is 4.51. The molecule has 1 aliphatic rings. The quantitative estimate of drug-likeness (QED) is 0.460. The fourth-order valence-corrected chi connectivity index (χ4v) is 4.05. The van der Waals surface area contributed by atoms with E-state index in [1.807, 2.05) is 36.4 Å². The second kappa shape index (κ2) is 9.30. The van der Waals surface area contributed by atoms with Crippen LogP contribution in [-0.4, -0.2) is 42.1 Å². The van der Waals surface area contributed by atoms with Crippen LogP contribution in [0, 0.1) is 0 Å². The zero-order valence-electron chi connectivity index (χ0n) is 18.3. The molecule has 0 unspecified atom stereocenters. The molecular formula is C25H25N5O3. The van der Waals surface area contributed by atoms with Crippen LogP contribution in [0.15, 0.2) is 71.3 Å². The Balaban J connectivity index is 1.45. The standard InChI is InChI=1S/C25H25N5O3/c1-26-24(31)22-15-20(11-14-28-22)32-19-7-8-21-23(16-19)33-25(29-21)30(17-5-3-2-4-6-17)18-9-12-27-13-10-18/h2-8,11,14-16,18,27H,9-10,12-13H2,1H3,(H,26,31). The number of ether oxygens (including phenoxy) is 1. The molecular weight excluding hydrogens is 418 g/mol. The molecule has 5 rings (SSSR count). The molecule has 0 atom stereocenters. The maximum atomic E-state index is 11.8. The van der Waals surface area contributed by atoms with E-state index in [1.165, 1.54) is 0 Å². The van der Waals surface area contributed by atoms with Crippen LogP contribution in [0.2, 0.25) is 0 Å². The summed E-state index contributed by atoms with van der Waals surface area (Å²) in [6, 6.07) is 19.9. The number of hydrogen-bond donors (Lipinski definition) is 2. The Bertz CT molecular complexity index is 1250. The number of rotatable bonds is 6. The molecule has 8 nitrogen and oxygen atoms in total. The molecule has 2 aromatic carbocycles. The highest BCUT2D eigenvalue weighted by atomic mass is 16.5. The summed E-state index contributed by atoms with van der Waals surface area (Å²) in [5.41, 5.74) is 2.75. The number of nitrogens with zero attached hydrogens (tertiary/aromatic N) is 3. The van der Waals surface area contributed by atoms with Gasteiger partial charge in [0, 0.05) is 37.1 Å². The van der Waals surface area contributed by atoms with Crippen molar-refractivity contribution in [3.63, 3.8) is 0 Å². The molecule has 0 radical (unpaired) electrons. The van der Waals surface area contributed by atoms with E-state index >= 15 is 0 Å². The summed E-state index contributed by atoms with van der Waals surface area (Å²) in [7, 11) is 1.57. The molecule has 0 aliphatic carbocycles. The highest BCUT2D eigenvalue weighted by molar-refractivity contribution is 5.92. The number of amides is 1. The van der Waals surface area contributed by atoms with Crippen molar-refractivity contribution in [3.05, 3.63) is 72.6 Å². The first-order valence-corrected chi connectivity index (χ1v) is 11.0. The van der Waals surface area contributed by atoms with Crippen LogP contribution >= 0.6 is 0 Å². The molecule has 0 bridgehead atoms. The van der Waals surface area contributed by atoms with Crippen molar-refractivity contribution in [1.29, 1.82) is 0 Å². The largest absolute Gasteiger partial charge is 0.457 e. The van der Waals surface area contributed by atoms with E-state index in [0.717, 1.165) is 37.1 Å². The maximum Gasteiger partial charge on any atom is 0.303 e. The van der Waals surface area contributed by atoms with Crippen molar-refractivity contribution in [2.75, 3.05) is 25.0 Å². The normalized spacial score (nSPS) is 14.2. The van der Waals surface area contributed by atoms with Crippen LogP contribution in [0.1, 0.15) is 23.3 Å². The fraction of sp³-hybridized carbons (Fsp3) is 0.240. The average Bonchev–Trinajstić information content (AvgIpc) is 3.28. The molecule has 2 aromatic heterocycles. The minimum absolute atomic E-state index is 0.269. The van der Waals surface area contributed by atoms with Crippen LogP contribution in [0.5, 0.6) is 11.5 Å². The first-order valence-electron chi connectivity index (χ1n) is 11.0. The van der Waals surface area contributed by atoms with Crippen molar-refractivity contribution in [3.8, 4) is 11.5 Å². The summed E-state index contributed by atoms with van der Waals surface area (Å²) in [6.07, 6.45) is 3.57. The van der Waals surface area contributed by atoms with Crippen LogP contribution in [0.25, 0.3) is 11.1 Å². The lowest BCUT2D eigenvalue weighted by Gasteiger charge is -2.33. The van der Waals surface area contributed by atoms with Gasteiger partial charge < -0.3 is 19.8 Å². The molecule has 1 aliphatic heterocycles. The van der Waals surface area contributed by atoms with Gasteiger partial charge >= 0.3 is 6.01 Å². The summed E-state index contributed by atoms with van der Waals surface area (Å²) in [6.45, 7) is 1.94. The lowest BCUT2D eigenvalue weighted by atomic mass is 10.0. The molecule has 8 heteroatoms. The van der Waals surface area contributed by atoms with Gasteiger partial charge in [0.25, 0.3) is 5.91 Å². The lowest BCUT2D eigenvalue weighted by Crippen LogP contribution is -2.41. The zero-order chi connectivity index (χ0) is 22.6. The molecule has 0 saturated carbocycles. The van der Waals surface area contributed by atoms with Gasteiger partial charge in [-0.3, -0.25) is 14.7 Å². The summed E-state index contributed by atoms with van der Waals surface area (Å²) < 4.78 is 12.2. The Labute approximate surface area is 191 Å². The van der Waals surface area contributed by atoms with Crippen molar-refractivity contribution in [2.24, 2.45) is 0 Å². The molecule has 168 valence electrons. The predicted molar refractivity (Wildman–Crippen MR) is 126 cm³/mol. The van der Waals surface area contributed by atoms with Gasteiger partial charge in [-0.15, -0.1) is 0 Å². The number of aromatic nitrogens is 2. The number of hydrogen-bond acceptors (Lipinski definition) is 7. The first-order chi connectivity index (χ1) is 16.2. The topological polar surface area (TPSA) is 92.5 Å². The second-order valence-electron chi connectivity index (χ2n) is 7.87. The smallest absolute Gasteiger partial charge is 0.303 e. The number of nitrogens with one attached hydrogen (secondary N) is 2. The molecule has 3 heterocycles. The van der Waals surface area contributed by atoms with Gasteiger partial charge in [0.2, 0.25) is 0 Å². The third-order valence-corrected chi connectivity index (χ3v) is 5.69. The first kappa shape index (κ1) is 21.0. The van der Waals surface area contributed by atoms with Crippen molar-refractivity contribution in [2.45, 2.75) is 18.9 Å². The Morgan fingerprint density at radius 3 is 2.67 bits per heavy atom. The summed E-state index contributed by atoms with van der Waals surface area (Å²) in [5.74, 6) is 0.838.